The fourth-order valence-electron chi connectivity index (χ4n) is 2.74. The molecule has 1 N–H and O–H groups in total. The molecule has 1 amide bonds. The molecular formula is C17H21NO6. The van der Waals surface area contributed by atoms with Crippen LogP contribution in [0.1, 0.15) is 18.5 Å². The summed E-state index contributed by atoms with van der Waals surface area (Å²) in [6, 6.07) is 6.26. The van der Waals surface area contributed by atoms with Crippen LogP contribution in [-0.4, -0.2) is 55.9 Å². The second-order valence-corrected chi connectivity index (χ2v) is 5.35. The number of aliphatic hydroxyl groups is 1. The summed E-state index contributed by atoms with van der Waals surface area (Å²) in [5, 5.41) is 10.2. The Bertz CT molecular complexity index is 648. The third-order valence-electron chi connectivity index (χ3n) is 3.99. The van der Waals surface area contributed by atoms with Crippen molar-refractivity contribution in [1.82, 2.24) is 4.90 Å². The first kappa shape index (κ1) is 18.0. The SMILES string of the molecule is COc1ccc([C@H]2C(C(C)=O)=C(O)C(=O)N2CC(OC)OC)cc1. The van der Waals surface area contributed by atoms with E-state index in [4.69, 9.17) is 14.2 Å². The van der Waals surface area contributed by atoms with Gasteiger partial charge in [0.2, 0.25) is 0 Å². The second-order valence-electron chi connectivity index (χ2n) is 5.35. The first-order valence-electron chi connectivity index (χ1n) is 7.39. The zero-order valence-electron chi connectivity index (χ0n) is 14.1. The van der Waals surface area contributed by atoms with Crippen LogP contribution in [-0.2, 0) is 19.1 Å². The van der Waals surface area contributed by atoms with Gasteiger partial charge in [0.05, 0.1) is 25.3 Å². The lowest BCUT2D eigenvalue weighted by molar-refractivity contribution is -0.144. The molecule has 7 heteroatoms. The quantitative estimate of drug-likeness (QED) is 0.762. The van der Waals surface area contributed by atoms with Crippen molar-refractivity contribution in [3.8, 4) is 5.75 Å². The summed E-state index contributed by atoms with van der Waals surface area (Å²) in [4.78, 5) is 25.8. The zero-order chi connectivity index (χ0) is 17.9. The fraction of sp³-hybridized carbons (Fsp3) is 0.412. The van der Waals surface area contributed by atoms with Gasteiger partial charge < -0.3 is 24.2 Å². The summed E-state index contributed by atoms with van der Waals surface area (Å²) >= 11 is 0. The van der Waals surface area contributed by atoms with E-state index in [1.807, 2.05) is 0 Å². The number of amides is 1. The molecule has 1 aromatic carbocycles. The van der Waals surface area contributed by atoms with Crippen LogP contribution >= 0.6 is 0 Å². The Hall–Kier alpha value is -2.38. The van der Waals surface area contributed by atoms with Crippen molar-refractivity contribution in [1.29, 1.82) is 0 Å². The van der Waals surface area contributed by atoms with E-state index in [2.05, 4.69) is 0 Å². The van der Waals surface area contributed by atoms with Crippen molar-refractivity contribution in [2.24, 2.45) is 0 Å². The van der Waals surface area contributed by atoms with E-state index in [9.17, 15) is 14.7 Å². The molecule has 0 unspecified atom stereocenters. The molecule has 0 radical (unpaired) electrons. The van der Waals surface area contributed by atoms with Crippen LogP contribution in [0.25, 0.3) is 0 Å². The summed E-state index contributed by atoms with van der Waals surface area (Å²) in [5.74, 6) is -0.871. The number of ether oxygens (including phenoxy) is 3. The molecule has 0 saturated heterocycles. The molecule has 0 bridgehead atoms. The van der Waals surface area contributed by atoms with Crippen molar-refractivity contribution in [2.45, 2.75) is 19.3 Å². The van der Waals surface area contributed by atoms with Gasteiger partial charge in [0.25, 0.3) is 5.91 Å². The second kappa shape index (κ2) is 7.46. The summed E-state index contributed by atoms with van der Waals surface area (Å²) in [6.45, 7) is 1.40. The third kappa shape index (κ3) is 3.27. The predicted octanol–water partition coefficient (Wildman–Crippen LogP) is 1.60. The number of rotatable bonds is 7. The van der Waals surface area contributed by atoms with Gasteiger partial charge in [-0.3, -0.25) is 9.59 Å². The van der Waals surface area contributed by atoms with Crippen molar-refractivity contribution in [3.05, 3.63) is 41.2 Å². The van der Waals surface area contributed by atoms with E-state index in [1.54, 1.807) is 31.4 Å². The molecule has 0 aliphatic carbocycles. The van der Waals surface area contributed by atoms with Gasteiger partial charge in [0.1, 0.15) is 5.75 Å². The normalized spacial score (nSPS) is 17.8. The molecule has 1 aliphatic heterocycles. The highest BCUT2D eigenvalue weighted by Crippen LogP contribution is 2.38. The van der Waals surface area contributed by atoms with Gasteiger partial charge in [-0.25, -0.2) is 0 Å². The van der Waals surface area contributed by atoms with Crippen LogP contribution < -0.4 is 4.74 Å². The van der Waals surface area contributed by atoms with E-state index in [1.165, 1.54) is 26.0 Å². The number of carbonyl (C=O) groups is 2. The van der Waals surface area contributed by atoms with Gasteiger partial charge in [-0.05, 0) is 24.6 Å². The van der Waals surface area contributed by atoms with Crippen molar-refractivity contribution in [2.75, 3.05) is 27.9 Å². The number of carbonyl (C=O) groups excluding carboxylic acids is 2. The Morgan fingerprint density at radius 1 is 1.21 bits per heavy atom. The van der Waals surface area contributed by atoms with Gasteiger partial charge in [-0.15, -0.1) is 0 Å². The molecule has 130 valence electrons. The first-order valence-corrected chi connectivity index (χ1v) is 7.39. The average Bonchev–Trinajstić information content (AvgIpc) is 2.84. The van der Waals surface area contributed by atoms with Crippen LogP contribution in [0.15, 0.2) is 35.6 Å². The molecule has 1 aliphatic rings. The molecule has 0 aromatic heterocycles. The lowest BCUT2D eigenvalue weighted by Crippen LogP contribution is -2.38. The maximum absolute atomic E-state index is 12.4. The molecule has 24 heavy (non-hydrogen) atoms. The highest BCUT2D eigenvalue weighted by Gasteiger charge is 2.43. The third-order valence-corrected chi connectivity index (χ3v) is 3.99. The largest absolute Gasteiger partial charge is 0.503 e. The molecule has 1 heterocycles. The number of benzene rings is 1. The fourth-order valence-corrected chi connectivity index (χ4v) is 2.74. The van der Waals surface area contributed by atoms with E-state index >= 15 is 0 Å². The number of hydrogen-bond acceptors (Lipinski definition) is 6. The van der Waals surface area contributed by atoms with Gasteiger partial charge in [0.15, 0.2) is 17.8 Å². The Balaban J connectivity index is 2.45. The number of ketones is 1. The number of nitrogens with zero attached hydrogens (tertiary/aromatic N) is 1. The van der Waals surface area contributed by atoms with Gasteiger partial charge in [-0.1, -0.05) is 12.1 Å². The Morgan fingerprint density at radius 2 is 1.79 bits per heavy atom. The Morgan fingerprint density at radius 3 is 2.25 bits per heavy atom. The number of Topliss-reactive ketones (excluding diaryl/α,β-unsaturated/α-hetero) is 1. The average molecular weight is 335 g/mol. The van der Waals surface area contributed by atoms with E-state index < -0.39 is 24.0 Å². The van der Waals surface area contributed by atoms with Crippen LogP contribution in [0.2, 0.25) is 0 Å². The molecule has 1 aromatic rings. The minimum atomic E-state index is -0.700. The van der Waals surface area contributed by atoms with Crippen molar-refractivity contribution < 1.29 is 28.9 Å². The maximum atomic E-state index is 12.4. The molecular weight excluding hydrogens is 314 g/mol. The monoisotopic (exact) mass is 335 g/mol. The van der Waals surface area contributed by atoms with Crippen molar-refractivity contribution in [3.63, 3.8) is 0 Å². The molecule has 0 spiro atoms. The van der Waals surface area contributed by atoms with Gasteiger partial charge in [-0.2, -0.15) is 0 Å². The zero-order valence-corrected chi connectivity index (χ0v) is 14.1. The van der Waals surface area contributed by atoms with Crippen LogP contribution in [0.5, 0.6) is 5.75 Å². The lowest BCUT2D eigenvalue weighted by atomic mass is 9.96. The van der Waals surface area contributed by atoms with Crippen LogP contribution in [0.4, 0.5) is 0 Å². The maximum Gasteiger partial charge on any atom is 0.290 e. The highest BCUT2D eigenvalue weighted by molar-refractivity contribution is 6.08. The predicted molar refractivity (Wildman–Crippen MR) is 85.6 cm³/mol. The van der Waals surface area contributed by atoms with Crippen molar-refractivity contribution >= 4 is 11.7 Å². The standard InChI is InChI=1S/C17H21NO6/c1-10(19)14-15(11-5-7-12(22-2)8-6-11)18(17(21)16(14)20)9-13(23-3)24-4/h5-8,13,15,20H,9H2,1-4H3/t15-/m0/s1. The molecule has 1 atom stereocenters. The molecule has 7 nitrogen and oxygen atoms in total. The number of methoxy groups -OCH3 is 3. The van der Waals surface area contributed by atoms with E-state index in [0.29, 0.717) is 11.3 Å². The van der Waals surface area contributed by atoms with Gasteiger partial charge in [0, 0.05) is 14.2 Å². The van der Waals surface area contributed by atoms with Crippen LogP contribution in [0, 0.1) is 0 Å². The minimum absolute atomic E-state index is 0.0659. The summed E-state index contributed by atoms with van der Waals surface area (Å²) in [6.07, 6.45) is -0.672. The number of aliphatic hydroxyl groups excluding tert-OH is 1. The Labute approximate surface area is 140 Å². The molecule has 2 rings (SSSR count). The summed E-state index contributed by atoms with van der Waals surface area (Å²) < 4.78 is 15.4. The first-order chi connectivity index (χ1) is 11.4. The topological polar surface area (TPSA) is 85.3 Å². The number of hydrogen-bond donors (Lipinski definition) is 1. The highest BCUT2D eigenvalue weighted by atomic mass is 16.7. The smallest absolute Gasteiger partial charge is 0.290 e. The van der Waals surface area contributed by atoms with Gasteiger partial charge >= 0.3 is 0 Å². The molecule has 0 saturated carbocycles. The lowest BCUT2D eigenvalue weighted by Gasteiger charge is -2.29. The summed E-state index contributed by atoms with van der Waals surface area (Å²) in [7, 11) is 4.46. The minimum Gasteiger partial charge on any atom is -0.503 e. The summed E-state index contributed by atoms with van der Waals surface area (Å²) in [5.41, 5.74) is 0.750. The Kier molecular flexibility index (Phi) is 5.58. The van der Waals surface area contributed by atoms with E-state index in [-0.39, 0.29) is 17.9 Å². The molecule has 0 fully saturated rings. The van der Waals surface area contributed by atoms with Crippen LogP contribution in [0.3, 0.4) is 0 Å². The van der Waals surface area contributed by atoms with E-state index in [0.717, 1.165) is 0 Å².